The first-order chi connectivity index (χ1) is 13.0. The second-order valence-electron chi connectivity index (χ2n) is 8.03. The molecule has 0 spiro atoms. The average Bonchev–Trinajstić information content (AvgIpc) is 2.86. The van der Waals surface area contributed by atoms with Crippen molar-refractivity contribution in [2.75, 3.05) is 0 Å². The fraction of sp³-hybridized carbons (Fsp3) is 0.783. The molecule has 0 heterocycles. The summed E-state index contributed by atoms with van der Waals surface area (Å²) in [5, 5.41) is 20.5. The SMILES string of the molecule is CCCCCC/C=C/[C@@H]1[C@@H](C/C=C/CCCC(=O)OC(C)C)[C@@H](O)C[C@H]1O. The summed E-state index contributed by atoms with van der Waals surface area (Å²) in [6.45, 7) is 5.92. The van der Waals surface area contributed by atoms with E-state index in [2.05, 4.69) is 31.2 Å². The smallest absolute Gasteiger partial charge is 0.306 e. The molecule has 1 aliphatic carbocycles. The Labute approximate surface area is 165 Å². The molecule has 0 unspecified atom stereocenters. The maximum absolute atomic E-state index is 11.5. The highest BCUT2D eigenvalue weighted by molar-refractivity contribution is 5.69. The van der Waals surface area contributed by atoms with Gasteiger partial charge in [-0.15, -0.1) is 0 Å². The minimum atomic E-state index is -0.448. The van der Waals surface area contributed by atoms with Gasteiger partial charge in [0.15, 0.2) is 0 Å². The van der Waals surface area contributed by atoms with Crippen LogP contribution in [0, 0.1) is 11.8 Å². The topological polar surface area (TPSA) is 66.8 Å². The van der Waals surface area contributed by atoms with Crippen LogP contribution in [-0.4, -0.2) is 34.5 Å². The molecule has 4 atom stereocenters. The van der Waals surface area contributed by atoms with Crippen LogP contribution in [0.2, 0.25) is 0 Å². The Hall–Kier alpha value is -1.13. The van der Waals surface area contributed by atoms with Crippen LogP contribution in [0.5, 0.6) is 0 Å². The Morgan fingerprint density at radius 3 is 2.48 bits per heavy atom. The van der Waals surface area contributed by atoms with Crippen LogP contribution < -0.4 is 0 Å². The van der Waals surface area contributed by atoms with E-state index in [0.717, 1.165) is 25.7 Å². The largest absolute Gasteiger partial charge is 0.463 e. The number of carbonyl (C=O) groups excluding carboxylic acids is 1. The number of hydrogen-bond donors (Lipinski definition) is 2. The Morgan fingerprint density at radius 2 is 1.78 bits per heavy atom. The van der Waals surface area contributed by atoms with E-state index in [9.17, 15) is 15.0 Å². The zero-order valence-corrected chi connectivity index (χ0v) is 17.5. The molecular formula is C23H40O4. The third kappa shape index (κ3) is 10.1. The maximum Gasteiger partial charge on any atom is 0.306 e. The van der Waals surface area contributed by atoms with Gasteiger partial charge in [0, 0.05) is 18.8 Å². The maximum atomic E-state index is 11.5. The van der Waals surface area contributed by atoms with E-state index in [0.29, 0.717) is 12.8 Å². The van der Waals surface area contributed by atoms with Crippen LogP contribution in [0.4, 0.5) is 0 Å². The van der Waals surface area contributed by atoms with Crippen molar-refractivity contribution in [2.45, 2.75) is 103 Å². The summed E-state index contributed by atoms with van der Waals surface area (Å²) >= 11 is 0. The van der Waals surface area contributed by atoms with Crippen molar-refractivity contribution >= 4 is 5.97 Å². The predicted octanol–water partition coefficient (Wildman–Crippen LogP) is 4.94. The van der Waals surface area contributed by atoms with Crippen molar-refractivity contribution in [2.24, 2.45) is 11.8 Å². The van der Waals surface area contributed by atoms with E-state index >= 15 is 0 Å². The number of allylic oxidation sites excluding steroid dienone is 3. The van der Waals surface area contributed by atoms with Gasteiger partial charge in [0.25, 0.3) is 0 Å². The number of rotatable bonds is 13. The lowest BCUT2D eigenvalue weighted by Crippen LogP contribution is -2.19. The van der Waals surface area contributed by atoms with Crippen molar-refractivity contribution in [1.82, 2.24) is 0 Å². The molecule has 0 bridgehead atoms. The number of unbranched alkanes of at least 4 members (excludes halogenated alkanes) is 5. The van der Waals surface area contributed by atoms with Crippen molar-refractivity contribution in [3.8, 4) is 0 Å². The quantitative estimate of drug-likeness (QED) is 0.270. The molecule has 1 saturated carbocycles. The van der Waals surface area contributed by atoms with Gasteiger partial charge in [-0.05, 0) is 51.9 Å². The Kier molecular flexibility index (Phi) is 12.4. The lowest BCUT2D eigenvalue weighted by Gasteiger charge is -2.19. The fourth-order valence-corrected chi connectivity index (χ4v) is 3.71. The molecule has 4 nitrogen and oxygen atoms in total. The van der Waals surface area contributed by atoms with Gasteiger partial charge in [-0.1, -0.05) is 50.5 Å². The first kappa shape index (κ1) is 23.9. The van der Waals surface area contributed by atoms with E-state index in [-0.39, 0.29) is 23.9 Å². The summed E-state index contributed by atoms with van der Waals surface area (Å²) in [5.74, 6) is -0.0252. The zero-order valence-electron chi connectivity index (χ0n) is 17.5. The standard InChI is InChI=1S/C23H40O4/c1-4-5-6-7-8-11-14-19-20(22(25)17-21(19)24)15-12-9-10-13-16-23(26)27-18(2)3/h9,11-12,14,18-22,24-25H,4-8,10,13,15-17H2,1-3H3/b12-9+,14-11+/t19-,20-,21-,22+/m1/s1. The molecule has 27 heavy (non-hydrogen) atoms. The first-order valence-electron chi connectivity index (χ1n) is 10.8. The molecule has 0 radical (unpaired) electrons. The minimum Gasteiger partial charge on any atom is -0.463 e. The molecule has 0 aliphatic heterocycles. The predicted molar refractivity (Wildman–Crippen MR) is 110 cm³/mol. The van der Waals surface area contributed by atoms with Gasteiger partial charge in [-0.25, -0.2) is 0 Å². The molecule has 0 amide bonds. The minimum absolute atomic E-state index is 0.0387. The van der Waals surface area contributed by atoms with Crippen LogP contribution in [0.1, 0.15) is 85.0 Å². The van der Waals surface area contributed by atoms with Crippen LogP contribution in [-0.2, 0) is 9.53 Å². The zero-order chi connectivity index (χ0) is 20.1. The summed E-state index contributed by atoms with van der Waals surface area (Å²) in [5.41, 5.74) is 0. The lowest BCUT2D eigenvalue weighted by atomic mass is 9.89. The van der Waals surface area contributed by atoms with Crippen LogP contribution in [0.3, 0.4) is 0 Å². The van der Waals surface area contributed by atoms with Crippen LogP contribution >= 0.6 is 0 Å². The van der Waals surface area contributed by atoms with Gasteiger partial charge in [-0.3, -0.25) is 4.79 Å². The molecule has 0 aromatic rings. The van der Waals surface area contributed by atoms with Gasteiger partial charge >= 0.3 is 5.97 Å². The summed E-state index contributed by atoms with van der Waals surface area (Å²) in [7, 11) is 0. The number of carbonyl (C=O) groups is 1. The van der Waals surface area contributed by atoms with Crippen molar-refractivity contribution in [3.63, 3.8) is 0 Å². The lowest BCUT2D eigenvalue weighted by molar-refractivity contribution is -0.147. The Bertz CT molecular complexity index is 455. The molecule has 4 heteroatoms. The van der Waals surface area contributed by atoms with Gasteiger partial charge in [0.05, 0.1) is 18.3 Å². The number of hydrogen-bond acceptors (Lipinski definition) is 4. The Morgan fingerprint density at radius 1 is 1.04 bits per heavy atom. The highest BCUT2D eigenvalue weighted by Gasteiger charge is 2.39. The molecule has 1 fully saturated rings. The Balaban J connectivity index is 2.33. The van der Waals surface area contributed by atoms with E-state index in [1.807, 2.05) is 13.8 Å². The molecule has 1 rings (SSSR count). The number of aliphatic hydroxyl groups excluding tert-OH is 2. The summed E-state index contributed by atoms with van der Waals surface area (Å²) in [6.07, 6.45) is 16.8. The van der Waals surface area contributed by atoms with Crippen LogP contribution in [0.25, 0.3) is 0 Å². The van der Waals surface area contributed by atoms with E-state index in [4.69, 9.17) is 4.74 Å². The first-order valence-corrected chi connectivity index (χ1v) is 10.8. The van der Waals surface area contributed by atoms with Gasteiger partial charge < -0.3 is 14.9 Å². The highest BCUT2D eigenvalue weighted by Crippen LogP contribution is 2.36. The number of aliphatic hydroxyl groups is 2. The normalized spacial score (nSPS) is 25.9. The molecular weight excluding hydrogens is 340 g/mol. The number of esters is 1. The van der Waals surface area contributed by atoms with Gasteiger partial charge in [0.1, 0.15) is 0 Å². The second-order valence-corrected chi connectivity index (χ2v) is 8.03. The summed E-state index contributed by atoms with van der Waals surface area (Å²) in [6, 6.07) is 0. The van der Waals surface area contributed by atoms with E-state index < -0.39 is 12.2 Å². The summed E-state index contributed by atoms with van der Waals surface area (Å²) in [4.78, 5) is 11.5. The monoisotopic (exact) mass is 380 g/mol. The third-order valence-corrected chi connectivity index (χ3v) is 5.19. The van der Waals surface area contributed by atoms with Crippen LogP contribution in [0.15, 0.2) is 24.3 Å². The van der Waals surface area contributed by atoms with Crippen molar-refractivity contribution < 1.29 is 19.7 Å². The third-order valence-electron chi connectivity index (χ3n) is 5.19. The molecule has 2 N–H and O–H groups in total. The van der Waals surface area contributed by atoms with Crippen molar-refractivity contribution in [3.05, 3.63) is 24.3 Å². The fourth-order valence-electron chi connectivity index (χ4n) is 3.71. The van der Waals surface area contributed by atoms with Gasteiger partial charge in [0.2, 0.25) is 0 Å². The van der Waals surface area contributed by atoms with E-state index in [1.165, 1.54) is 25.7 Å². The highest BCUT2D eigenvalue weighted by atomic mass is 16.5. The second kappa shape index (κ2) is 14.0. The van der Waals surface area contributed by atoms with Crippen molar-refractivity contribution in [1.29, 1.82) is 0 Å². The molecule has 0 aromatic heterocycles. The molecule has 1 aliphatic rings. The van der Waals surface area contributed by atoms with Gasteiger partial charge in [-0.2, -0.15) is 0 Å². The molecule has 0 aromatic carbocycles. The average molecular weight is 381 g/mol. The number of ether oxygens (including phenoxy) is 1. The van der Waals surface area contributed by atoms with E-state index in [1.54, 1.807) is 0 Å². The summed E-state index contributed by atoms with van der Waals surface area (Å²) < 4.78 is 5.11. The molecule has 156 valence electrons. The molecule has 0 saturated heterocycles.